The van der Waals surface area contributed by atoms with Crippen LogP contribution in [0.4, 0.5) is 0 Å². The van der Waals surface area contributed by atoms with E-state index in [1.807, 2.05) is 36.5 Å². The summed E-state index contributed by atoms with van der Waals surface area (Å²) in [5, 5.41) is 0. The lowest BCUT2D eigenvalue weighted by Crippen LogP contribution is -1.86. The van der Waals surface area contributed by atoms with Gasteiger partial charge in [-0.25, -0.2) is 0 Å². The molecule has 75 valence electrons. The molecule has 2 rings (SSSR count). The first-order valence-corrected chi connectivity index (χ1v) is 5.71. The lowest BCUT2D eigenvalue weighted by Gasteiger charge is -2.01. The van der Waals surface area contributed by atoms with Crippen LogP contribution in [0.3, 0.4) is 0 Å². The number of aromatic nitrogens is 1. The second kappa shape index (κ2) is 4.58. The first-order chi connectivity index (χ1) is 7.29. The maximum absolute atomic E-state index is 4.40. The van der Waals surface area contributed by atoms with Gasteiger partial charge in [0.15, 0.2) is 0 Å². The van der Waals surface area contributed by atoms with Crippen LogP contribution in [-0.2, 0) is 6.42 Å². The average molecular weight is 261 g/mol. The fraction of sp³-hybridized carbons (Fsp3) is 0.154. The molecule has 1 nitrogen and oxygen atoms in total. The number of hydrogen-bond acceptors (Lipinski definition) is 1. The standard InChI is InChI=1S/C13H11BrN/c1-2-10-3-8-13(15-9-10)11-4-6-12(14)7-5-11/h4-9H,2H2,1H3. The van der Waals surface area contributed by atoms with Crippen molar-refractivity contribution in [1.29, 1.82) is 0 Å². The Morgan fingerprint density at radius 1 is 1.27 bits per heavy atom. The van der Waals surface area contributed by atoms with Gasteiger partial charge in [0.25, 0.3) is 0 Å². The maximum atomic E-state index is 4.40. The van der Waals surface area contributed by atoms with Crippen LogP contribution in [0.15, 0.2) is 41.0 Å². The summed E-state index contributed by atoms with van der Waals surface area (Å²) in [5.74, 6) is 0. The van der Waals surface area contributed by atoms with Crippen LogP contribution in [0.2, 0.25) is 0 Å². The summed E-state index contributed by atoms with van der Waals surface area (Å²) in [4.78, 5) is 4.40. The number of rotatable bonds is 2. The zero-order valence-electron chi connectivity index (χ0n) is 8.50. The second-order valence-corrected chi connectivity index (χ2v) is 4.23. The maximum Gasteiger partial charge on any atom is 0.0708 e. The van der Waals surface area contributed by atoms with Crippen molar-refractivity contribution in [2.24, 2.45) is 0 Å². The quantitative estimate of drug-likeness (QED) is 0.799. The van der Waals surface area contributed by atoms with E-state index in [4.69, 9.17) is 0 Å². The van der Waals surface area contributed by atoms with Crippen LogP contribution in [0, 0.1) is 6.07 Å². The minimum Gasteiger partial charge on any atom is -0.256 e. The highest BCUT2D eigenvalue weighted by molar-refractivity contribution is 9.10. The van der Waals surface area contributed by atoms with Crippen LogP contribution in [0.5, 0.6) is 0 Å². The molecule has 1 aromatic carbocycles. The molecule has 0 saturated heterocycles. The number of hydrogen-bond donors (Lipinski definition) is 0. The molecule has 2 aromatic rings. The van der Waals surface area contributed by atoms with E-state index in [2.05, 4.69) is 33.9 Å². The Hall–Kier alpha value is -1.15. The molecule has 15 heavy (non-hydrogen) atoms. The molecule has 0 N–H and O–H groups in total. The van der Waals surface area contributed by atoms with Crippen molar-refractivity contribution in [3.05, 3.63) is 52.6 Å². The van der Waals surface area contributed by atoms with Crippen LogP contribution < -0.4 is 0 Å². The van der Waals surface area contributed by atoms with Crippen LogP contribution in [-0.4, -0.2) is 4.98 Å². The number of halogens is 1. The third-order valence-electron chi connectivity index (χ3n) is 2.27. The molecule has 2 heteroatoms. The van der Waals surface area contributed by atoms with Crippen molar-refractivity contribution in [3.8, 4) is 11.3 Å². The molecule has 0 bridgehead atoms. The topological polar surface area (TPSA) is 12.9 Å². The van der Waals surface area contributed by atoms with Gasteiger partial charge in [-0.2, -0.15) is 0 Å². The summed E-state index contributed by atoms with van der Waals surface area (Å²) in [7, 11) is 0. The fourth-order valence-electron chi connectivity index (χ4n) is 1.35. The highest BCUT2D eigenvalue weighted by atomic mass is 79.9. The van der Waals surface area contributed by atoms with Crippen LogP contribution >= 0.6 is 15.9 Å². The molecule has 0 aliphatic heterocycles. The van der Waals surface area contributed by atoms with E-state index in [0.29, 0.717) is 0 Å². The van der Waals surface area contributed by atoms with Gasteiger partial charge in [-0.3, -0.25) is 4.98 Å². The van der Waals surface area contributed by atoms with Crippen LogP contribution in [0.1, 0.15) is 12.5 Å². The Morgan fingerprint density at radius 2 is 2.00 bits per heavy atom. The molecule has 0 aliphatic rings. The summed E-state index contributed by atoms with van der Waals surface area (Å²) in [5.41, 5.74) is 3.24. The molecule has 0 unspecified atom stereocenters. The lowest BCUT2D eigenvalue weighted by atomic mass is 10.1. The molecule has 0 atom stereocenters. The van der Waals surface area contributed by atoms with Crippen molar-refractivity contribution in [1.82, 2.24) is 4.98 Å². The lowest BCUT2D eigenvalue weighted by molar-refractivity contribution is 1.10. The van der Waals surface area contributed by atoms with Gasteiger partial charge in [0.1, 0.15) is 0 Å². The Balaban J connectivity index is 2.33. The monoisotopic (exact) mass is 260 g/mol. The van der Waals surface area contributed by atoms with Gasteiger partial charge in [-0.05, 0) is 36.2 Å². The molecule has 0 spiro atoms. The van der Waals surface area contributed by atoms with E-state index in [-0.39, 0.29) is 0 Å². The van der Waals surface area contributed by atoms with E-state index >= 15 is 0 Å². The van der Waals surface area contributed by atoms with Gasteiger partial charge in [0.2, 0.25) is 0 Å². The Morgan fingerprint density at radius 3 is 2.53 bits per heavy atom. The van der Waals surface area contributed by atoms with E-state index in [1.165, 1.54) is 0 Å². The predicted octanol–water partition coefficient (Wildman–Crippen LogP) is 3.87. The third-order valence-corrected chi connectivity index (χ3v) is 2.80. The van der Waals surface area contributed by atoms with Gasteiger partial charge >= 0.3 is 0 Å². The normalized spacial score (nSPS) is 10.3. The largest absolute Gasteiger partial charge is 0.256 e. The van der Waals surface area contributed by atoms with Gasteiger partial charge in [0, 0.05) is 16.2 Å². The fourth-order valence-corrected chi connectivity index (χ4v) is 1.62. The Bertz CT molecular complexity index is 431. The summed E-state index contributed by atoms with van der Waals surface area (Å²) in [6, 6.07) is 13.3. The van der Waals surface area contributed by atoms with Crippen molar-refractivity contribution in [2.75, 3.05) is 0 Å². The smallest absolute Gasteiger partial charge is 0.0708 e. The minimum atomic E-state index is 0.972. The summed E-state index contributed by atoms with van der Waals surface area (Å²) >= 11 is 3.41. The Labute approximate surface area is 98.3 Å². The zero-order valence-corrected chi connectivity index (χ0v) is 10.1. The van der Waals surface area contributed by atoms with E-state index < -0.39 is 0 Å². The summed E-state index contributed by atoms with van der Waals surface area (Å²) < 4.78 is 1.08. The van der Waals surface area contributed by atoms with E-state index in [9.17, 15) is 0 Å². The molecular weight excluding hydrogens is 250 g/mol. The van der Waals surface area contributed by atoms with Crippen molar-refractivity contribution < 1.29 is 0 Å². The first kappa shape index (κ1) is 10.4. The minimum absolute atomic E-state index is 0.972. The molecule has 1 aromatic heterocycles. The number of pyridine rings is 1. The van der Waals surface area contributed by atoms with Gasteiger partial charge < -0.3 is 0 Å². The summed E-state index contributed by atoms with van der Waals surface area (Å²) in [6.45, 7) is 2.10. The number of nitrogens with zero attached hydrogens (tertiary/aromatic N) is 1. The molecule has 0 aliphatic carbocycles. The Kier molecular flexibility index (Phi) is 3.17. The third kappa shape index (κ3) is 2.45. The van der Waals surface area contributed by atoms with E-state index in [0.717, 1.165) is 27.7 Å². The van der Waals surface area contributed by atoms with E-state index in [1.54, 1.807) is 0 Å². The predicted molar refractivity (Wildman–Crippen MR) is 65.6 cm³/mol. The summed E-state index contributed by atoms with van der Waals surface area (Å²) in [6.07, 6.45) is 2.87. The first-order valence-electron chi connectivity index (χ1n) is 4.92. The average Bonchev–Trinajstić information content (AvgIpc) is 2.30. The van der Waals surface area contributed by atoms with Crippen molar-refractivity contribution >= 4 is 15.9 Å². The van der Waals surface area contributed by atoms with Gasteiger partial charge in [-0.1, -0.05) is 35.0 Å². The van der Waals surface area contributed by atoms with Crippen molar-refractivity contribution in [2.45, 2.75) is 13.3 Å². The highest BCUT2D eigenvalue weighted by Crippen LogP contribution is 2.19. The zero-order chi connectivity index (χ0) is 10.7. The molecule has 1 heterocycles. The number of aryl methyl sites for hydroxylation is 1. The molecule has 0 fully saturated rings. The molecule has 0 saturated carbocycles. The second-order valence-electron chi connectivity index (χ2n) is 3.32. The van der Waals surface area contributed by atoms with Crippen molar-refractivity contribution in [3.63, 3.8) is 0 Å². The molecule has 1 radical (unpaired) electrons. The van der Waals surface area contributed by atoms with Crippen LogP contribution in [0.25, 0.3) is 11.3 Å². The van der Waals surface area contributed by atoms with Gasteiger partial charge in [0.05, 0.1) is 5.69 Å². The molecule has 0 amide bonds. The van der Waals surface area contributed by atoms with Gasteiger partial charge in [-0.15, -0.1) is 0 Å². The molecular formula is C13H11BrN. The number of benzene rings is 1. The highest BCUT2D eigenvalue weighted by Gasteiger charge is 1.98. The SMILES string of the molecule is CCc1[c]cc(-c2ccc(Br)cc2)nc1.